The Morgan fingerprint density at radius 3 is 2.88 bits per heavy atom. The molecule has 96 valence electrons. The molecule has 0 aliphatic carbocycles. The molecular formula is C11H20N4O2. The Balaban J connectivity index is 1.80. The zero-order chi connectivity index (χ0) is 12.1. The Labute approximate surface area is 101 Å². The Morgan fingerprint density at radius 2 is 2.06 bits per heavy atom. The van der Waals surface area contributed by atoms with Crippen molar-refractivity contribution in [2.24, 2.45) is 0 Å². The second-order valence-electron chi connectivity index (χ2n) is 4.54. The Morgan fingerprint density at radius 1 is 1.18 bits per heavy atom. The van der Waals surface area contributed by atoms with Crippen molar-refractivity contribution >= 4 is 11.8 Å². The molecule has 0 radical (unpaired) electrons. The van der Waals surface area contributed by atoms with Crippen molar-refractivity contribution in [3.05, 3.63) is 0 Å². The number of nitrogens with zero attached hydrogens (tertiary/aromatic N) is 2. The van der Waals surface area contributed by atoms with Gasteiger partial charge in [0.1, 0.15) is 0 Å². The minimum Gasteiger partial charge on any atom is -0.354 e. The molecule has 2 amide bonds. The Hall–Kier alpha value is -1.14. The summed E-state index contributed by atoms with van der Waals surface area (Å²) in [5, 5.41) is 6.03. The smallest absolute Gasteiger partial charge is 0.236 e. The van der Waals surface area contributed by atoms with Gasteiger partial charge < -0.3 is 15.5 Å². The molecule has 2 aliphatic heterocycles. The van der Waals surface area contributed by atoms with E-state index in [1.54, 1.807) is 0 Å². The molecule has 17 heavy (non-hydrogen) atoms. The standard InChI is InChI=1S/C11H20N4O2/c16-10-8-14(6-4-13-10)9-11(17)15-5-1-2-12-3-7-15/h12H,1-9H2,(H,13,16). The highest BCUT2D eigenvalue weighted by atomic mass is 16.2. The molecule has 6 heteroatoms. The molecule has 0 aromatic heterocycles. The van der Waals surface area contributed by atoms with Gasteiger partial charge in [-0.2, -0.15) is 0 Å². The molecule has 0 saturated carbocycles. The summed E-state index contributed by atoms with van der Waals surface area (Å²) in [6.45, 7) is 5.58. The van der Waals surface area contributed by atoms with Gasteiger partial charge in [-0.15, -0.1) is 0 Å². The number of rotatable bonds is 2. The van der Waals surface area contributed by atoms with E-state index in [1.807, 2.05) is 9.80 Å². The van der Waals surface area contributed by atoms with Gasteiger partial charge in [0, 0.05) is 32.7 Å². The van der Waals surface area contributed by atoms with Crippen LogP contribution in [0.3, 0.4) is 0 Å². The fourth-order valence-corrected chi connectivity index (χ4v) is 2.21. The third-order valence-corrected chi connectivity index (χ3v) is 3.17. The van der Waals surface area contributed by atoms with E-state index in [-0.39, 0.29) is 11.8 Å². The summed E-state index contributed by atoms with van der Waals surface area (Å²) >= 11 is 0. The maximum atomic E-state index is 12.1. The van der Waals surface area contributed by atoms with Crippen LogP contribution in [-0.2, 0) is 9.59 Å². The Bertz CT molecular complexity index is 287. The summed E-state index contributed by atoms with van der Waals surface area (Å²) in [5.41, 5.74) is 0. The largest absolute Gasteiger partial charge is 0.354 e. The van der Waals surface area contributed by atoms with Crippen LogP contribution in [0, 0.1) is 0 Å². The van der Waals surface area contributed by atoms with Crippen molar-refractivity contribution in [2.75, 3.05) is 52.4 Å². The molecule has 0 atom stereocenters. The second kappa shape index (κ2) is 5.97. The van der Waals surface area contributed by atoms with Gasteiger partial charge >= 0.3 is 0 Å². The van der Waals surface area contributed by atoms with Gasteiger partial charge in [0.2, 0.25) is 11.8 Å². The number of hydrogen-bond acceptors (Lipinski definition) is 4. The van der Waals surface area contributed by atoms with Crippen molar-refractivity contribution in [2.45, 2.75) is 6.42 Å². The average molecular weight is 240 g/mol. The van der Waals surface area contributed by atoms with E-state index in [0.29, 0.717) is 19.6 Å². The molecule has 0 unspecified atom stereocenters. The minimum absolute atomic E-state index is 0.0154. The van der Waals surface area contributed by atoms with Gasteiger partial charge in [-0.3, -0.25) is 14.5 Å². The third kappa shape index (κ3) is 3.67. The number of amides is 2. The lowest BCUT2D eigenvalue weighted by Gasteiger charge is -2.28. The van der Waals surface area contributed by atoms with Gasteiger partial charge in [-0.25, -0.2) is 0 Å². The predicted octanol–water partition coefficient (Wildman–Crippen LogP) is -1.76. The van der Waals surface area contributed by atoms with Crippen LogP contribution in [0.15, 0.2) is 0 Å². The molecule has 2 N–H and O–H groups in total. The van der Waals surface area contributed by atoms with Crippen molar-refractivity contribution < 1.29 is 9.59 Å². The lowest BCUT2D eigenvalue weighted by Crippen LogP contribution is -2.51. The summed E-state index contributed by atoms with van der Waals surface area (Å²) < 4.78 is 0. The molecule has 2 fully saturated rings. The summed E-state index contributed by atoms with van der Waals surface area (Å²) in [6.07, 6.45) is 1.01. The van der Waals surface area contributed by atoms with Crippen LogP contribution in [0.25, 0.3) is 0 Å². The van der Waals surface area contributed by atoms with Crippen molar-refractivity contribution in [3.63, 3.8) is 0 Å². The zero-order valence-electron chi connectivity index (χ0n) is 10.1. The van der Waals surface area contributed by atoms with Gasteiger partial charge in [-0.05, 0) is 13.0 Å². The highest BCUT2D eigenvalue weighted by molar-refractivity contribution is 5.81. The average Bonchev–Trinajstić information content (AvgIpc) is 2.57. The molecule has 6 nitrogen and oxygen atoms in total. The Kier molecular flexibility index (Phi) is 4.33. The van der Waals surface area contributed by atoms with Crippen molar-refractivity contribution in [1.82, 2.24) is 20.4 Å². The normalized spacial score (nSPS) is 23.1. The number of hydrogen-bond donors (Lipinski definition) is 2. The van der Waals surface area contributed by atoms with E-state index in [1.165, 1.54) is 0 Å². The SMILES string of the molecule is O=C1CN(CC(=O)N2CCCNCC2)CCN1. The monoisotopic (exact) mass is 240 g/mol. The van der Waals surface area contributed by atoms with E-state index in [2.05, 4.69) is 10.6 Å². The molecule has 0 aromatic rings. The number of piperazine rings is 1. The van der Waals surface area contributed by atoms with Crippen LogP contribution in [0.4, 0.5) is 0 Å². The number of carbonyl (C=O) groups is 2. The molecule has 0 bridgehead atoms. The molecule has 2 rings (SSSR count). The maximum absolute atomic E-state index is 12.1. The van der Waals surface area contributed by atoms with Crippen molar-refractivity contribution in [3.8, 4) is 0 Å². The topological polar surface area (TPSA) is 64.7 Å². The van der Waals surface area contributed by atoms with Crippen LogP contribution in [0.5, 0.6) is 0 Å². The predicted molar refractivity (Wildman–Crippen MR) is 63.5 cm³/mol. The van der Waals surface area contributed by atoms with Crippen LogP contribution in [0.2, 0.25) is 0 Å². The van der Waals surface area contributed by atoms with E-state index in [9.17, 15) is 9.59 Å². The van der Waals surface area contributed by atoms with Crippen LogP contribution in [0.1, 0.15) is 6.42 Å². The van der Waals surface area contributed by atoms with Crippen LogP contribution < -0.4 is 10.6 Å². The first kappa shape index (κ1) is 12.3. The first-order chi connectivity index (χ1) is 8.25. The highest BCUT2D eigenvalue weighted by Crippen LogP contribution is 2.00. The minimum atomic E-state index is 0.0154. The van der Waals surface area contributed by atoms with Gasteiger partial charge in [-0.1, -0.05) is 0 Å². The summed E-state index contributed by atoms with van der Waals surface area (Å²) in [6, 6.07) is 0. The molecule has 0 aromatic carbocycles. The molecule has 2 aliphatic rings. The van der Waals surface area contributed by atoms with E-state index in [0.717, 1.165) is 39.1 Å². The third-order valence-electron chi connectivity index (χ3n) is 3.17. The molecular weight excluding hydrogens is 220 g/mol. The molecule has 0 spiro atoms. The zero-order valence-corrected chi connectivity index (χ0v) is 10.1. The van der Waals surface area contributed by atoms with Gasteiger partial charge in [0.25, 0.3) is 0 Å². The van der Waals surface area contributed by atoms with E-state index >= 15 is 0 Å². The summed E-state index contributed by atoms with van der Waals surface area (Å²) in [4.78, 5) is 27.1. The summed E-state index contributed by atoms with van der Waals surface area (Å²) in [7, 11) is 0. The molecule has 2 heterocycles. The fraction of sp³-hybridized carbons (Fsp3) is 0.818. The molecule has 2 saturated heterocycles. The highest BCUT2D eigenvalue weighted by Gasteiger charge is 2.22. The van der Waals surface area contributed by atoms with Gasteiger partial charge in [0.15, 0.2) is 0 Å². The second-order valence-corrected chi connectivity index (χ2v) is 4.54. The number of carbonyl (C=O) groups excluding carboxylic acids is 2. The fourth-order valence-electron chi connectivity index (χ4n) is 2.21. The van der Waals surface area contributed by atoms with Crippen LogP contribution >= 0.6 is 0 Å². The van der Waals surface area contributed by atoms with E-state index in [4.69, 9.17) is 0 Å². The first-order valence-corrected chi connectivity index (χ1v) is 6.23. The van der Waals surface area contributed by atoms with Crippen LogP contribution in [-0.4, -0.2) is 74.0 Å². The van der Waals surface area contributed by atoms with E-state index < -0.39 is 0 Å². The number of nitrogens with one attached hydrogen (secondary N) is 2. The first-order valence-electron chi connectivity index (χ1n) is 6.23. The maximum Gasteiger partial charge on any atom is 0.236 e. The summed E-state index contributed by atoms with van der Waals surface area (Å²) in [5.74, 6) is 0.157. The lowest BCUT2D eigenvalue weighted by molar-refractivity contribution is -0.133. The van der Waals surface area contributed by atoms with Crippen molar-refractivity contribution in [1.29, 1.82) is 0 Å². The lowest BCUT2D eigenvalue weighted by atomic mass is 10.3. The van der Waals surface area contributed by atoms with Gasteiger partial charge in [0.05, 0.1) is 13.1 Å². The quantitative estimate of drug-likeness (QED) is 0.600.